The van der Waals surface area contributed by atoms with Crippen LogP contribution >= 0.6 is 11.6 Å². The van der Waals surface area contributed by atoms with Crippen molar-refractivity contribution in [1.82, 2.24) is 19.7 Å². The first kappa shape index (κ1) is 24.1. The molecule has 1 fully saturated rings. The quantitative estimate of drug-likeness (QED) is 0.687. The number of rotatable bonds is 3. The van der Waals surface area contributed by atoms with Gasteiger partial charge in [-0.2, -0.15) is 0 Å². The van der Waals surface area contributed by atoms with Crippen molar-refractivity contribution in [3.8, 4) is 0 Å². The number of hydrogen-bond donors (Lipinski definition) is 1. The van der Waals surface area contributed by atoms with Crippen LogP contribution in [-0.4, -0.2) is 64.0 Å². The second kappa shape index (κ2) is 9.70. The maximum Gasteiger partial charge on any atom is 0.410 e. The molecule has 3 heterocycles. The summed E-state index contributed by atoms with van der Waals surface area (Å²) >= 11 is 6.12. The highest BCUT2D eigenvalue weighted by Gasteiger charge is 2.27. The van der Waals surface area contributed by atoms with Crippen LogP contribution in [0.2, 0.25) is 5.02 Å². The molecule has 0 bridgehead atoms. The lowest BCUT2D eigenvalue weighted by Crippen LogP contribution is -2.51. The molecule has 2 amide bonds. The van der Waals surface area contributed by atoms with Crippen molar-refractivity contribution in [2.45, 2.75) is 52.7 Å². The van der Waals surface area contributed by atoms with E-state index in [1.807, 2.05) is 56.5 Å². The van der Waals surface area contributed by atoms with Crippen LogP contribution in [0.3, 0.4) is 0 Å². The molecule has 2 aliphatic rings. The molecule has 1 saturated heterocycles. The number of allylic oxidation sites excluding steroid dienone is 1. The monoisotopic (exact) mass is 485 g/mol. The van der Waals surface area contributed by atoms with Crippen LogP contribution in [0.5, 0.6) is 0 Å². The fourth-order valence-electron chi connectivity index (χ4n) is 4.32. The molecule has 0 aliphatic carbocycles. The van der Waals surface area contributed by atoms with Gasteiger partial charge in [0, 0.05) is 67.0 Å². The molecule has 1 aromatic heterocycles. The van der Waals surface area contributed by atoms with E-state index in [0.29, 0.717) is 49.9 Å². The van der Waals surface area contributed by atoms with Crippen molar-refractivity contribution in [3.05, 3.63) is 46.9 Å². The summed E-state index contributed by atoms with van der Waals surface area (Å²) in [5.41, 5.74) is 1.90. The van der Waals surface area contributed by atoms with Gasteiger partial charge >= 0.3 is 6.09 Å². The molecule has 8 nitrogen and oxygen atoms in total. The van der Waals surface area contributed by atoms with Gasteiger partial charge in [-0.3, -0.25) is 4.79 Å². The van der Waals surface area contributed by atoms with Crippen LogP contribution in [0.15, 0.2) is 41.2 Å². The number of halogens is 1. The van der Waals surface area contributed by atoms with Gasteiger partial charge in [0.05, 0.1) is 0 Å². The summed E-state index contributed by atoms with van der Waals surface area (Å²) in [6.07, 6.45) is 2.92. The van der Waals surface area contributed by atoms with Crippen LogP contribution in [0.25, 0.3) is 10.9 Å². The van der Waals surface area contributed by atoms with Gasteiger partial charge in [0.1, 0.15) is 17.1 Å². The Morgan fingerprint density at radius 3 is 2.47 bits per heavy atom. The van der Waals surface area contributed by atoms with Gasteiger partial charge in [-0.25, -0.2) is 9.79 Å². The minimum absolute atomic E-state index is 0.148. The van der Waals surface area contributed by atoms with Crippen LogP contribution in [-0.2, 0) is 11.3 Å². The number of fused-ring (bicyclic) bond motifs is 1. The Morgan fingerprint density at radius 2 is 1.85 bits per heavy atom. The van der Waals surface area contributed by atoms with Crippen molar-refractivity contribution in [3.63, 3.8) is 0 Å². The van der Waals surface area contributed by atoms with E-state index in [2.05, 4.69) is 15.2 Å². The first-order valence-corrected chi connectivity index (χ1v) is 12.1. The number of amides is 2. The van der Waals surface area contributed by atoms with Gasteiger partial charge in [-0.05, 0) is 58.4 Å². The smallest absolute Gasteiger partial charge is 0.410 e. The maximum atomic E-state index is 13.0. The standard InChI is InChI=1S/C25H32ClN5O3/c1-5-31-20-8-6-18(26)14-17(20)15-21(31)23(32)28-19-7-9-22(27-16-19)29-10-12-30(13-11-29)24(33)34-25(2,3)4/h6,8,14-16H,5,7,9-13H2,1-4H3,(H,28,32). The Labute approximate surface area is 205 Å². The summed E-state index contributed by atoms with van der Waals surface area (Å²) in [7, 11) is 0. The number of amidine groups is 1. The van der Waals surface area contributed by atoms with Crippen molar-refractivity contribution in [2.75, 3.05) is 26.2 Å². The Balaban J connectivity index is 1.37. The van der Waals surface area contributed by atoms with Gasteiger partial charge in [0.2, 0.25) is 0 Å². The van der Waals surface area contributed by atoms with E-state index in [0.717, 1.165) is 28.9 Å². The Hall–Kier alpha value is -3.00. The molecular formula is C25H32ClN5O3. The lowest BCUT2D eigenvalue weighted by Gasteiger charge is -2.37. The van der Waals surface area contributed by atoms with E-state index in [1.54, 1.807) is 11.1 Å². The number of piperazine rings is 1. The van der Waals surface area contributed by atoms with E-state index in [-0.39, 0.29) is 12.0 Å². The van der Waals surface area contributed by atoms with Crippen molar-refractivity contribution >= 4 is 40.3 Å². The lowest BCUT2D eigenvalue weighted by molar-refractivity contribution is 0.0186. The number of benzene rings is 1. The van der Waals surface area contributed by atoms with Crippen LogP contribution in [0, 0.1) is 0 Å². The zero-order chi connectivity index (χ0) is 24.5. The summed E-state index contributed by atoms with van der Waals surface area (Å²) in [6.45, 7) is 11.0. The molecule has 1 aromatic carbocycles. The zero-order valence-electron chi connectivity index (χ0n) is 20.2. The highest BCUT2D eigenvalue weighted by molar-refractivity contribution is 6.31. The van der Waals surface area contributed by atoms with Crippen molar-refractivity contribution in [2.24, 2.45) is 4.99 Å². The Morgan fingerprint density at radius 1 is 1.12 bits per heavy atom. The van der Waals surface area contributed by atoms with Crippen molar-refractivity contribution in [1.29, 1.82) is 0 Å². The number of aliphatic imine (C=N–C) groups is 1. The SMILES string of the molecule is CCn1c(C(=O)NC2=CN=C(N3CCN(C(=O)OC(C)(C)C)CC3)CC2)cc2cc(Cl)ccc21. The van der Waals surface area contributed by atoms with Crippen LogP contribution < -0.4 is 5.32 Å². The average molecular weight is 486 g/mol. The van der Waals surface area contributed by atoms with Crippen LogP contribution in [0.1, 0.15) is 51.0 Å². The average Bonchev–Trinajstić information content (AvgIpc) is 3.16. The van der Waals surface area contributed by atoms with Crippen molar-refractivity contribution < 1.29 is 14.3 Å². The molecule has 1 N–H and O–H groups in total. The molecule has 182 valence electrons. The fourth-order valence-corrected chi connectivity index (χ4v) is 4.50. The number of ether oxygens (including phenoxy) is 1. The summed E-state index contributed by atoms with van der Waals surface area (Å²) in [5, 5.41) is 4.62. The van der Waals surface area contributed by atoms with E-state index < -0.39 is 5.60 Å². The molecule has 9 heteroatoms. The molecule has 34 heavy (non-hydrogen) atoms. The number of aromatic nitrogens is 1. The second-order valence-corrected chi connectivity index (χ2v) is 10.0. The van der Waals surface area contributed by atoms with Crippen LogP contribution in [0.4, 0.5) is 4.79 Å². The summed E-state index contributed by atoms with van der Waals surface area (Å²) in [5.74, 6) is 0.837. The number of hydrogen-bond acceptors (Lipinski definition) is 5. The maximum absolute atomic E-state index is 13.0. The first-order chi connectivity index (χ1) is 16.1. The van der Waals surface area contributed by atoms with E-state index in [4.69, 9.17) is 16.3 Å². The molecule has 2 aromatic rings. The molecule has 0 unspecified atom stereocenters. The molecule has 0 atom stereocenters. The van der Waals surface area contributed by atoms with Gasteiger partial charge in [-0.1, -0.05) is 11.6 Å². The predicted octanol–water partition coefficient (Wildman–Crippen LogP) is 4.63. The zero-order valence-corrected chi connectivity index (χ0v) is 21.0. The molecule has 4 rings (SSSR count). The minimum Gasteiger partial charge on any atom is -0.444 e. The highest BCUT2D eigenvalue weighted by atomic mass is 35.5. The lowest BCUT2D eigenvalue weighted by atomic mass is 10.1. The number of nitrogens with one attached hydrogen (secondary N) is 1. The first-order valence-electron chi connectivity index (χ1n) is 11.7. The third kappa shape index (κ3) is 5.38. The molecule has 0 spiro atoms. The normalized spacial score (nSPS) is 16.9. The van der Waals surface area contributed by atoms with Gasteiger partial charge < -0.3 is 24.4 Å². The van der Waals surface area contributed by atoms with Gasteiger partial charge in [-0.15, -0.1) is 0 Å². The third-order valence-corrected chi connectivity index (χ3v) is 6.21. The number of carbonyl (C=O) groups is 2. The molecule has 0 radical (unpaired) electrons. The van der Waals surface area contributed by atoms with E-state index in [1.165, 1.54) is 0 Å². The fraction of sp³-hybridized carbons (Fsp3) is 0.480. The molecule has 0 saturated carbocycles. The predicted molar refractivity (Wildman–Crippen MR) is 134 cm³/mol. The topological polar surface area (TPSA) is 79.2 Å². The largest absolute Gasteiger partial charge is 0.444 e. The highest BCUT2D eigenvalue weighted by Crippen LogP contribution is 2.24. The number of carbonyl (C=O) groups excluding carboxylic acids is 2. The Bertz CT molecular complexity index is 1150. The Kier molecular flexibility index (Phi) is 6.89. The van der Waals surface area contributed by atoms with E-state index >= 15 is 0 Å². The second-order valence-electron chi connectivity index (χ2n) is 9.59. The number of nitrogens with zero attached hydrogens (tertiary/aromatic N) is 4. The third-order valence-electron chi connectivity index (χ3n) is 5.97. The van der Waals surface area contributed by atoms with Gasteiger partial charge in [0.25, 0.3) is 5.91 Å². The minimum atomic E-state index is -0.494. The summed E-state index contributed by atoms with van der Waals surface area (Å²) in [6, 6.07) is 7.53. The summed E-state index contributed by atoms with van der Waals surface area (Å²) in [4.78, 5) is 33.9. The van der Waals surface area contributed by atoms with Gasteiger partial charge in [0.15, 0.2) is 0 Å². The molecular weight excluding hydrogens is 454 g/mol. The van der Waals surface area contributed by atoms with E-state index in [9.17, 15) is 9.59 Å². The molecule has 2 aliphatic heterocycles. The number of aryl methyl sites for hydroxylation is 1. The summed E-state index contributed by atoms with van der Waals surface area (Å²) < 4.78 is 7.46.